The first-order chi connectivity index (χ1) is 28.5. The lowest BCUT2D eigenvalue weighted by molar-refractivity contribution is -0.137. The van der Waals surface area contributed by atoms with Crippen LogP contribution < -0.4 is 0 Å². The number of halogens is 8. The summed E-state index contributed by atoms with van der Waals surface area (Å²) in [6.07, 6.45) is -5.08. The molecule has 0 aliphatic rings. The average molecular weight is 795 g/mol. The van der Waals surface area contributed by atoms with Crippen LogP contribution in [0.5, 0.6) is 0 Å². The topological polar surface area (TPSA) is 9.86 Å². The van der Waals surface area contributed by atoms with Crippen molar-refractivity contribution in [2.24, 2.45) is 0 Å². The molecule has 0 radical (unpaired) electrons. The number of hydrogen-bond donors (Lipinski definition) is 0. The van der Waals surface area contributed by atoms with E-state index in [4.69, 9.17) is 0 Å². The Morgan fingerprint density at radius 3 is 1.22 bits per heavy atom. The molecule has 0 atom stereocenters. The standard InChI is InChI=1S/C49H26F8N2/c50-44-43(45(51)47(53)48(54)46(44)52)35-25-42(59-38-18-10-8-16-32(38)34-24-30(20-22-40(34)59)28-13-5-2-6-14-28)36(49(55,56)57)26-41(35)58-37-17-9-7-15-31(37)33-23-29(19-21-39(33)58)27-11-3-1-4-12-27/h1-26H. The zero-order chi connectivity index (χ0) is 40.7. The molecule has 0 aliphatic heterocycles. The van der Waals surface area contributed by atoms with Gasteiger partial charge in [0.1, 0.15) is 0 Å². The highest BCUT2D eigenvalue weighted by Crippen LogP contribution is 2.47. The quantitative estimate of drug-likeness (QED) is 0.0933. The molecule has 0 saturated carbocycles. The largest absolute Gasteiger partial charge is 0.418 e. The molecular weight excluding hydrogens is 769 g/mol. The van der Waals surface area contributed by atoms with E-state index in [0.29, 0.717) is 43.6 Å². The third-order valence-corrected chi connectivity index (χ3v) is 10.9. The molecule has 2 heterocycles. The maximum absolute atomic E-state index is 16.1. The van der Waals surface area contributed by atoms with E-state index in [2.05, 4.69) is 0 Å². The minimum absolute atomic E-state index is 0.317. The summed E-state index contributed by atoms with van der Waals surface area (Å²) in [6.45, 7) is 0. The van der Waals surface area contributed by atoms with Crippen molar-refractivity contribution in [3.63, 3.8) is 0 Å². The monoisotopic (exact) mass is 794 g/mol. The smallest absolute Gasteiger partial charge is 0.309 e. The predicted octanol–water partition coefficient (Wildman–Crippen LogP) is 14.6. The molecule has 0 bridgehead atoms. The Balaban J connectivity index is 1.35. The second-order valence-electron chi connectivity index (χ2n) is 14.2. The van der Waals surface area contributed by atoms with Gasteiger partial charge in [0.15, 0.2) is 23.3 Å². The van der Waals surface area contributed by atoms with Crippen LogP contribution in [-0.4, -0.2) is 9.13 Å². The van der Waals surface area contributed by atoms with E-state index in [1.165, 1.54) is 9.13 Å². The van der Waals surface area contributed by atoms with Crippen molar-refractivity contribution in [1.29, 1.82) is 0 Å². The van der Waals surface area contributed by atoms with Crippen LogP contribution in [0.1, 0.15) is 5.56 Å². The Morgan fingerprint density at radius 1 is 0.339 bits per heavy atom. The van der Waals surface area contributed by atoms with Gasteiger partial charge in [0.05, 0.1) is 44.6 Å². The highest BCUT2D eigenvalue weighted by Gasteiger charge is 2.38. The van der Waals surface area contributed by atoms with Crippen LogP contribution in [-0.2, 0) is 6.18 Å². The summed E-state index contributed by atoms with van der Waals surface area (Å²) in [4.78, 5) is 0. The van der Waals surface area contributed by atoms with Gasteiger partial charge in [-0.2, -0.15) is 13.2 Å². The van der Waals surface area contributed by atoms with Crippen molar-refractivity contribution in [3.05, 3.63) is 192 Å². The van der Waals surface area contributed by atoms with Gasteiger partial charge in [-0.25, -0.2) is 22.0 Å². The highest BCUT2D eigenvalue weighted by molar-refractivity contribution is 6.12. The summed E-state index contributed by atoms with van der Waals surface area (Å²) in [5.41, 5.74) is 0.353. The van der Waals surface area contributed by atoms with E-state index >= 15 is 30.7 Å². The van der Waals surface area contributed by atoms with Gasteiger partial charge in [-0.05, 0) is 70.8 Å². The van der Waals surface area contributed by atoms with Crippen LogP contribution in [0, 0.1) is 29.1 Å². The zero-order valence-corrected chi connectivity index (χ0v) is 30.4. The maximum Gasteiger partial charge on any atom is 0.418 e. The zero-order valence-electron chi connectivity index (χ0n) is 30.4. The average Bonchev–Trinajstić information content (AvgIpc) is 3.77. The Labute approximate surface area is 330 Å². The van der Waals surface area contributed by atoms with E-state index in [9.17, 15) is 4.39 Å². The number of rotatable bonds is 5. The summed E-state index contributed by atoms with van der Waals surface area (Å²) in [5, 5.41) is 2.32. The second kappa shape index (κ2) is 13.4. The molecule has 10 aromatic rings. The summed E-state index contributed by atoms with van der Waals surface area (Å²) >= 11 is 0. The van der Waals surface area contributed by atoms with Crippen molar-refractivity contribution >= 4 is 43.6 Å². The minimum atomic E-state index is -5.08. The molecule has 59 heavy (non-hydrogen) atoms. The van der Waals surface area contributed by atoms with Gasteiger partial charge < -0.3 is 9.13 Å². The Bertz CT molecular complexity index is 3280. The first kappa shape index (κ1) is 36.2. The summed E-state index contributed by atoms with van der Waals surface area (Å²) < 4.78 is 127. The number of fused-ring (bicyclic) bond motifs is 6. The number of para-hydroxylation sites is 2. The van der Waals surface area contributed by atoms with E-state index in [-0.39, 0.29) is 0 Å². The molecule has 288 valence electrons. The van der Waals surface area contributed by atoms with Gasteiger partial charge in [-0.15, -0.1) is 0 Å². The molecule has 10 rings (SSSR count). The lowest BCUT2D eigenvalue weighted by atomic mass is 9.97. The summed E-state index contributed by atoms with van der Waals surface area (Å²) in [6, 6.07) is 44.4. The third-order valence-electron chi connectivity index (χ3n) is 10.9. The van der Waals surface area contributed by atoms with Gasteiger partial charge in [-0.3, -0.25) is 0 Å². The molecule has 0 amide bonds. The number of nitrogens with zero attached hydrogens (tertiary/aromatic N) is 2. The van der Waals surface area contributed by atoms with Crippen LogP contribution in [0.25, 0.3) is 88.4 Å². The van der Waals surface area contributed by atoms with E-state index < -0.39 is 63.3 Å². The molecular formula is C49H26F8N2. The second-order valence-corrected chi connectivity index (χ2v) is 14.2. The fourth-order valence-corrected chi connectivity index (χ4v) is 8.30. The van der Waals surface area contributed by atoms with E-state index in [1.807, 2.05) is 72.8 Å². The van der Waals surface area contributed by atoms with Crippen LogP contribution in [0.3, 0.4) is 0 Å². The molecule has 2 nitrogen and oxygen atoms in total. The molecule has 0 aliphatic carbocycles. The van der Waals surface area contributed by atoms with Crippen LogP contribution in [0.15, 0.2) is 158 Å². The van der Waals surface area contributed by atoms with Crippen molar-refractivity contribution < 1.29 is 35.1 Å². The number of hydrogen-bond acceptors (Lipinski definition) is 0. The van der Waals surface area contributed by atoms with Crippen molar-refractivity contribution in [2.45, 2.75) is 6.18 Å². The van der Waals surface area contributed by atoms with E-state index in [1.54, 1.807) is 72.8 Å². The third kappa shape index (κ3) is 5.61. The first-order valence-electron chi connectivity index (χ1n) is 18.5. The number of alkyl halides is 3. The predicted molar refractivity (Wildman–Crippen MR) is 216 cm³/mol. The molecule has 0 unspecified atom stereocenters. The van der Waals surface area contributed by atoms with Gasteiger partial charge >= 0.3 is 6.18 Å². The van der Waals surface area contributed by atoms with Gasteiger partial charge in [-0.1, -0.05) is 109 Å². The SMILES string of the molecule is Fc1c(F)c(F)c(-c2cc(-n3c4ccccc4c4cc(-c5ccccc5)ccc43)c(C(F)(F)F)cc2-n2c3ccccc3c3cc(-c4ccccc4)ccc32)c(F)c1F. The fourth-order valence-electron chi connectivity index (χ4n) is 8.30. The van der Waals surface area contributed by atoms with Gasteiger partial charge in [0, 0.05) is 27.1 Å². The Kier molecular flexibility index (Phi) is 8.24. The molecule has 0 fully saturated rings. The first-order valence-corrected chi connectivity index (χ1v) is 18.5. The van der Waals surface area contributed by atoms with Crippen LogP contribution in [0.2, 0.25) is 0 Å². The van der Waals surface area contributed by atoms with Crippen molar-refractivity contribution in [3.8, 4) is 44.8 Å². The molecule has 10 heteroatoms. The Hall–Kier alpha value is -7.20. The van der Waals surface area contributed by atoms with Crippen molar-refractivity contribution in [2.75, 3.05) is 0 Å². The minimum Gasteiger partial charge on any atom is -0.309 e. The number of benzene rings is 8. The number of aromatic nitrogens is 2. The molecule has 8 aromatic carbocycles. The molecule has 0 N–H and O–H groups in total. The highest BCUT2D eigenvalue weighted by atomic mass is 19.4. The van der Waals surface area contributed by atoms with Crippen LogP contribution >= 0.6 is 0 Å². The summed E-state index contributed by atoms with van der Waals surface area (Å²) in [5.74, 6) is -11.2. The molecule has 2 aromatic heterocycles. The normalized spacial score (nSPS) is 12.1. The fraction of sp³-hybridized carbons (Fsp3) is 0.0204. The Morgan fingerprint density at radius 2 is 0.746 bits per heavy atom. The molecule has 0 spiro atoms. The van der Waals surface area contributed by atoms with E-state index in [0.717, 1.165) is 34.4 Å². The maximum atomic E-state index is 16.1. The summed E-state index contributed by atoms with van der Waals surface area (Å²) in [7, 11) is 0. The van der Waals surface area contributed by atoms with Gasteiger partial charge in [0.2, 0.25) is 5.82 Å². The lowest BCUT2D eigenvalue weighted by Gasteiger charge is -2.22. The van der Waals surface area contributed by atoms with Crippen molar-refractivity contribution in [1.82, 2.24) is 9.13 Å². The molecule has 0 saturated heterocycles. The van der Waals surface area contributed by atoms with Crippen LogP contribution in [0.4, 0.5) is 35.1 Å². The van der Waals surface area contributed by atoms with Gasteiger partial charge in [0.25, 0.3) is 0 Å². The lowest BCUT2D eigenvalue weighted by Crippen LogP contribution is -2.14.